The molecule has 3 aromatic heterocycles. The predicted molar refractivity (Wildman–Crippen MR) is 152 cm³/mol. The molecular formula is C26H25Cl2N7O4S. The highest BCUT2D eigenvalue weighted by molar-refractivity contribution is 7.91. The van der Waals surface area contributed by atoms with E-state index in [-0.39, 0.29) is 11.6 Å². The van der Waals surface area contributed by atoms with Gasteiger partial charge in [0.2, 0.25) is 0 Å². The number of aryl methyl sites for hydroxylation is 1. The summed E-state index contributed by atoms with van der Waals surface area (Å²) >= 11 is 12.2. The van der Waals surface area contributed by atoms with Gasteiger partial charge in [-0.3, -0.25) is 9.67 Å². The maximum Gasteiger partial charge on any atom is 0.189 e. The fraction of sp³-hybridized carbons (Fsp3) is 0.269. The molecule has 0 fully saturated rings. The van der Waals surface area contributed by atoms with Gasteiger partial charge in [-0.15, -0.1) is 10.2 Å². The normalized spacial score (nSPS) is 13.4. The molecule has 2 atom stereocenters. The van der Waals surface area contributed by atoms with Crippen molar-refractivity contribution in [3.8, 4) is 23.0 Å². The van der Waals surface area contributed by atoms with Crippen LogP contribution < -0.4 is 4.74 Å². The van der Waals surface area contributed by atoms with Gasteiger partial charge in [0.1, 0.15) is 23.3 Å². The molecule has 0 spiro atoms. The summed E-state index contributed by atoms with van der Waals surface area (Å²) in [6, 6.07) is 10.8. The van der Waals surface area contributed by atoms with E-state index in [2.05, 4.69) is 30.4 Å². The Bertz CT molecular complexity index is 1790. The Kier molecular flexibility index (Phi) is 7.78. The number of benzene rings is 2. The molecule has 0 bridgehead atoms. The molecule has 5 rings (SSSR count). The number of hydrogen-bond donors (Lipinski definition) is 1. The van der Waals surface area contributed by atoms with Gasteiger partial charge in [0.15, 0.2) is 27.3 Å². The van der Waals surface area contributed by atoms with E-state index in [4.69, 9.17) is 32.7 Å². The molecule has 208 valence electrons. The highest BCUT2D eigenvalue weighted by Crippen LogP contribution is 2.35. The van der Waals surface area contributed by atoms with Crippen LogP contribution in [0.5, 0.6) is 5.75 Å². The number of nitrogens with zero attached hydrogens (tertiary/aromatic N) is 6. The Morgan fingerprint density at radius 3 is 2.50 bits per heavy atom. The first-order valence-corrected chi connectivity index (χ1v) is 14.6. The smallest absolute Gasteiger partial charge is 0.189 e. The zero-order chi connectivity index (χ0) is 28.6. The van der Waals surface area contributed by atoms with E-state index in [1.807, 2.05) is 19.1 Å². The molecular weight excluding hydrogens is 577 g/mol. The molecule has 0 unspecified atom stereocenters. The number of fused-ring (bicyclic) bond motifs is 1. The van der Waals surface area contributed by atoms with Crippen LogP contribution in [0.4, 0.5) is 0 Å². The second-order valence-corrected chi connectivity index (χ2v) is 12.3. The third kappa shape index (κ3) is 5.15. The summed E-state index contributed by atoms with van der Waals surface area (Å²) in [5.41, 5.74) is 2.59. The molecule has 0 saturated heterocycles. The SMILES string of the molecule is COc1cccc(C)c1-n1c(CS(=O)(=O)[C@@H](C)[C@H](OC)c2ncc(Cl)cn2)nnc1-c1n[nH]c2ccc(Cl)cc12. The van der Waals surface area contributed by atoms with Gasteiger partial charge < -0.3 is 9.47 Å². The first kappa shape index (κ1) is 28.0. The van der Waals surface area contributed by atoms with E-state index >= 15 is 0 Å². The number of H-pyrrole nitrogens is 1. The molecule has 0 radical (unpaired) electrons. The summed E-state index contributed by atoms with van der Waals surface area (Å²) in [7, 11) is -0.956. The first-order valence-electron chi connectivity index (χ1n) is 12.1. The molecule has 14 heteroatoms. The molecule has 40 heavy (non-hydrogen) atoms. The van der Waals surface area contributed by atoms with E-state index in [1.54, 1.807) is 42.9 Å². The van der Waals surface area contributed by atoms with Crippen molar-refractivity contribution in [3.05, 3.63) is 76.0 Å². The van der Waals surface area contributed by atoms with Crippen molar-refractivity contribution >= 4 is 43.9 Å². The van der Waals surface area contributed by atoms with Gasteiger partial charge in [0.05, 0.1) is 28.6 Å². The summed E-state index contributed by atoms with van der Waals surface area (Å²) < 4.78 is 40.4. The number of aromatic nitrogens is 7. The molecule has 0 aliphatic heterocycles. The van der Waals surface area contributed by atoms with Crippen LogP contribution in [-0.2, 0) is 20.3 Å². The second kappa shape index (κ2) is 11.1. The zero-order valence-corrected chi connectivity index (χ0v) is 24.3. The van der Waals surface area contributed by atoms with E-state index < -0.39 is 26.9 Å². The Hall–Kier alpha value is -3.58. The Morgan fingerprint density at radius 2 is 1.80 bits per heavy atom. The minimum atomic E-state index is -3.90. The van der Waals surface area contributed by atoms with Gasteiger partial charge >= 0.3 is 0 Å². The molecule has 3 heterocycles. The Balaban J connectivity index is 1.65. The second-order valence-electron chi connectivity index (χ2n) is 9.09. The monoisotopic (exact) mass is 601 g/mol. The van der Waals surface area contributed by atoms with E-state index in [0.29, 0.717) is 38.4 Å². The lowest BCUT2D eigenvalue weighted by molar-refractivity contribution is 0.0948. The molecule has 0 aliphatic carbocycles. The third-order valence-electron chi connectivity index (χ3n) is 6.58. The number of aromatic amines is 1. The van der Waals surface area contributed by atoms with Crippen molar-refractivity contribution in [2.75, 3.05) is 14.2 Å². The number of halogens is 2. The van der Waals surface area contributed by atoms with Crippen molar-refractivity contribution in [1.82, 2.24) is 34.9 Å². The highest BCUT2D eigenvalue weighted by atomic mass is 35.5. The van der Waals surface area contributed by atoms with Crippen LogP contribution in [0, 0.1) is 6.92 Å². The first-order chi connectivity index (χ1) is 19.1. The van der Waals surface area contributed by atoms with Crippen molar-refractivity contribution < 1.29 is 17.9 Å². The van der Waals surface area contributed by atoms with Crippen LogP contribution in [0.25, 0.3) is 28.1 Å². The van der Waals surface area contributed by atoms with Crippen LogP contribution in [0.3, 0.4) is 0 Å². The van der Waals surface area contributed by atoms with Gasteiger partial charge in [-0.05, 0) is 43.7 Å². The number of methoxy groups -OCH3 is 2. The zero-order valence-electron chi connectivity index (χ0n) is 22.0. The number of sulfone groups is 1. The average Bonchev–Trinajstić information content (AvgIpc) is 3.52. The quantitative estimate of drug-likeness (QED) is 0.249. The lowest BCUT2D eigenvalue weighted by Crippen LogP contribution is -2.30. The molecule has 0 aliphatic rings. The molecule has 2 aromatic carbocycles. The fourth-order valence-electron chi connectivity index (χ4n) is 4.51. The molecule has 11 nitrogen and oxygen atoms in total. The fourth-order valence-corrected chi connectivity index (χ4v) is 6.20. The summed E-state index contributed by atoms with van der Waals surface area (Å²) in [6.07, 6.45) is 1.84. The number of rotatable bonds is 9. The van der Waals surface area contributed by atoms with Crippen molar-refractivity contribution in [1.29, 1.82) is 0 Å². The van der Waals surface area contributed by atoms with Gasteiger partial charge in [-0.25, -0.2) is 18.4 Å². The van der Waals surface area contributed by atoms with Crippen molar-refractivity contribution in [3.63, 3.8) is 0 Å². The maximum atomic E-state index is 13.8. The number of ether oxygens (including phenoxy) is 2. The molecule has 0 saturated carbocycles. The summed E-state index contributed by atoms with van der Waals surface area (Å²) in [5, 5.41) is 16.7. The Labute approximate surface area is 240 Å². The standard InChI is InChI=1S/C26H25Cl2N7O4S/c1-14-6-5-7-20(38-3)23(14)35-21(32-34-26(35)22-18-10-16(27)8-9-19(18)31-33-22)13-40(36,37)15(2)24(39-4)25-29-11-17(28)12-30-25/h5-12,15,24H,13H2,1-4H3,(H,31,33)/t15-,24-/m0/s1. The van der Waals surface area contributed by atoms with E-state index in [9.17, 15) is 8.42 Å². The van der Waals surface area contributed by atoms with Gasteiger partial charge in [0.25, 0.3) is 0 Å². The predicted octanol–water partition coefficient (Wildman–Crippen LogP) is 4.92. The maximum absolute atomic E-state index is 13.8. The van der Waals surface area contributed by atoms with Crippen LogP contribution in [0.1, 0.15) is 30.2 Å². The van der Waals surface area contributed by atoms with E-state index in [1.165, 1.54) is 19.5 Å². The number of hydrogen-bond acceptors (Lipinski definition) is 9. The lowest BCUT2D eigenvalue weighted by atomic mass is 10.1. The average molecular weight is 603 g/mol. The van der Waals surface area contributed by atoms with E-state index in [0.717, 1.165) is 11.1 Å². The highest BCUT2D eigenvalue weighted by Gasteiger charge is 2.35. The van der Waals surface area contributed by atoms with Crippen molar-refractivity contribution in [2.45, 2.75) is 31.0 Å². The minimum Gasteiger partial charge on any atom is -0.495 e. The molecule has 5 aromatic rings. The lowest BCUT2D eigenvalue weighted by Gasteiger charge is -2.22. The number of nitrogens with one attached hydrogen (secondary N) is 1. The third-order valence-corrected chi connectivity index (χ3v) is 9.05. The van der Waals surface area contributed by atoms with Crippen molar-refractivity contribution in [2.24, 2.45) is 0 Å². The largest absolute Gasteiger partial charge is 0.495 e. The Morgan fingerprint density at radius 1 is 1.05 bits per heavy atom. The molecule has 1 N–H and O–H groups in total. The summed E-state index contributed by atoms with van der Waals surface area (Å²) in [4.78, 5) is 8.32. The minimum absolute atomic E-state index is 0.166. The summed E-state index contributed by atoms with van der Waals surface area (Å²) in [5.74, 6) is 0.734. The number of para-hydroxylation sites is 1. The van der Waals surface area contributed by atoms with Gasteiger partial charge in [-0.1, -0.05) is 35.3 Å². The van der Waals surface area contributed by atoms with Crippen LogP contribution >= 0.6 is 23.2 Å². The topological polar surface area (TPSA) is 138 Å². The van der Waals surface area contributed by atoms with Crippen LogP contribution in [0.2, 0.25) is 10.0 Å². The summed E-state index contributed by atoms with van der Waals surface area (Å²) in [6.45, 7) is 3.43. The van der Waals surface area contributed by atoms with Gasteiger partial charge in [0, 0.05) is 29.9 Å². The molecule has 0 amide bonds. The van der Waals surface area contributed by atoms with Crippen LogP contribution in [-0.4, -0.2) is 62.8 Å². The van der Waals surface area contributed by atoms with Gasteiger partial charge in [-0.2, -0.15) is 5.10 Å². The van der Waals surface area contributed by atoms with Crippen LogP contribution in [0.15, 0.2) is 48.8 Å².